The van der Waals surface area contributed by atoms with Crippen molar-refractivity contribution in [2.45, 2.75) is 11.8 Å². The van der Waals surface area contributed by atoms with Crippen molar-refractivity contribution in [1.29, 1.82) is 0 Å². The Bertz CT molecular complexity index is 1310. The molecule has 4 rings (SSSR count). The molecule has 0 aliphatic heterocycles. The molecule has 0 spiro atoms. The third kappa shape index (κ3) is 3.74. The van der Waals surface area contributed by atoms with E-state index >= 15 is 0 Å². The predicted molar refractivity (Wildman–Crippen MR) is 113 cm³/mol. The van der Waals surface area contributed by atoms with Crippen molar-refractivity contribution in [3.8, 4) is 0 Å². The number of aryl methyl sites for hydroxylation is 1. The maximum atomic E-state index is 12.6. The SMILES string of the molecule is Cc1ccc(S(=O)(=O)N(C)CC(=O)Nc2ccc3c(c2)oc2ccccc23)cc1. The Kier molecular flexibility index (Phi) is 4.86. The maximum absolute atomic E-state index is 12.6. The summed E-state index contributed by atoms with van der Waals surface area (Å²) in [6.45, 7) is 1.58. The highest BCUT2D eigenvalue weighted by Gasteiger charge is 2.23. The largest absolute Gasteiger partial charge is 0.456 e. The van der Waals surface area contributed by atoms with Crippen molar-refractivity contribution in [2.24, 2.45) is 0 Å². The number of anilines is 1. The standard InChI is InChI=1S/C22H20N2O4S/c1-15-7-10-17(11-8-15)29(26,27)24(2)14-22(25)23-16-9-12-19-18-5-3-4-6-20(18)28-21(19)13-16/h3-13H,14H2,1-2H3,(H,23,25). The van der Waals surface area contributed by atoms with E-state index in [4.69, 9.17) is 4.42 Å². The summed E-state index contributed by atoms with van der Waals surface area (Å²) in [7, 11) is -2.35. The number of likely N-dealkylation sites (N-methyl/N-ethyl adjacent to an activating group) is 1. The van der Waals surface area contributed by atoms with Crippen molar-refractivity contribution in [2.75, 3.05) is 18.9 Å². The maximum Gasteiger partial charge on any atom is 0.243 e. The van der Waals surface area contributed by atoms with Crippen LogP contribution in [0, 0.1) is 6.92 Å². The van der Waals surface area contributed by atoms with Crippen molar-refractivity contribution >= 4 is 43.6 Å². The summed E-state index contributed by atoms with van der Waals surface area (Å²) in [4.78, 5) is 12.6. The minimum absolute atomic E-state index is 0.155. The fourth-order valence-corrected chi connectivity index (χ4v) is 4.31. The Morgan fingerprint density at radius 3 is 2.41 bits per heavy atom. The second kappa shape index (κ2) is 7.35. The Balaban J connectivity index is 1.50. The lowest BCUT2D eigenvalue weighted by Crippen LogP contribution is -2.34. The van der Waals surface area contributed by atoms with Crippen LogP contribution in [0.15, 0.2) is 76.0 Å². The first-order valence-corrected chi connectivity index (χ1v) is 10.5. The molecule has 0 saturated heterocycles. The van der Waals surface area contributed by atoms with Crippen molar-refractivity contribution in [3.63, 3.8) is 0 Å². The molecule has 1 heterocycles. The number of para-hydroxylation sites is 1. The minimum atomic E-state index is -3.74. The van der Waals surface area contributed by atoms with E-state index in [1.54, 1.807) is 24.3 Å². The Morgan fingerprint density at radius 1 is 0.966 bits per heavy atom. The van der Waals surface area contributed by atoms with Gasteiger partial charge in [0.15, 0.2) is 0 Å². The van der Waals surface area contributed by atoms with E-state index < -0.39 is 15.9 Å². The molecule has 0 fully saturated rings. The van der Waals surface area contributed by atoms with Gasteiger partial charge in [0.05, 0.1) is 11.4 Å². The number of benzene rings is 3. The van der Waals surface area contributed by atoms with Crippen LogP contribution in [0.4, 0.5) is 5.69 Å². The molecule has 3 aromatic carbocycles. The molecule has 0 radical (unpaired) electrons. The highest BCUT2D eigenvalue weighted by molar-refractivity contribution is 7.89. The summed E-state index contributed by atoms with van der Waals surface area (Å²) in [5.74, 6) is -0.432. The van der Waals surface area contributed by atoms with Crippen molar-refractivity contribution in [1.82, 2.24) is 4.31 Å². The summed E-state index contributed by atoms with van der Waals surface area (Å²) in [6, 6.07) is 19.6. The van der Waals surface area contributed by atoms with Crippen molar-refractivity contribution < 1.29 is 17.6 Å². The summed E-state index contributed by atoms with van der Waals surface area (Å²) >= 11 is 0. The van der Waals surface area contributed by atoms with Gasteiger partial charge in [0, 0.05) is 29.6 Å². The topological polar surface area (TPSA) is 79.6 Å². The van der Waals surface area contributed by atoms with Gasteiger partial charge in [-0.1, -0.05) is 35.9 Å². The van der Waals surface area contributed by atoms with Crippen LogP contribution >= 0.6 is 0 Å². The van der Waals surface area contributed by atoms with Crippen LogP contribution in [0.3, 0.4) is 0 Å². The van der Waals surface area contributed by atoms with Gasteiger partial charge in [-0.05, 0) is 37.3 Å². The number of amides is 1. The number of carbonyl (C=O) groups excluding carboxylic acids is 1. The van der Waals surface area contributed by atoms with Crippen LogP contribution in [-0.4, -0.2) is 32.2 Å². The van der Waals surface area contributed by atoms with Gasteiger partial charge < -0.3 is 9.73 Å². The number of hydrogen-bond donors (Lipinski definition) is 1. The molecule has 29 heavy (non-hydrogen) atoms. The van der Waals surface area contributed by atoms with Gasteiger partial charge in [-0.2, -0.15) is 4.31 Å². The molecule has 1 N–H and O–H groups in total. The molecule has 0 bridgehead atoms. The minimum Gasteiger partial charge on any atom is -0.456 e. The lowest BCUT2D eigenvalue weighted by atomic mass is 10.1. The van der Waals surface area contributed by atoms with Gasteiger partial charge in [0.1, 0.15) is 11.2 Å². The third-order valence-corrected chi connectivity index (χ3v) is 6.58. The van der Waals surface area contributed by atoms with E-state index in [-0.39, 0.29) is 11.4 Å². The van der Waals surface area contributed by atoms with Gasteiger partial charge in [-0.15, -0.1) is 0 Å². The Hall–Kier alpha value is -3.16. The lowest BCUT2D eigenvalue weighted by molar-refractivity contribution is -0.116. The Morgan fingerprint density at radius 2 is 1.66 bits per heavy atom. The summed E-state index contributed by atoms with van der Waals surface area (Å²) in [5.41, 5.74) is 2.94. The Labute approximate surface area is 168 Å². The number of carbonyl (C=O) groups is 1. The second-order valence-corrected chi connectivity index (χ2v) is 8.98. The smallest absolute Gasteiger partial charge is 0.243 e. The zero-order valence-electron chi connectivity index (χ0n) is 16.0. The molecule has 1 amide bonds. The van der Waals surface area contributed by atoms with Crippen LogP contribution in [-0.2, 0) is 14.8 Å². The molecule has 0 aliphatic rings. The van der Waals surface area contributed by atoms with Crippen molar-refractivity contribution in [3.05, 3.63) is 72.3 Å². The fraction of sp³-hybridized carbons (Fsp3) is 0.136. The number of hydrogen-bond acceptors (Lipinski definition) is 4. The molecule has 148 valence electrons. The molecule has 7 heteroatoms. The highest BCUT2D eigenvalue weighted by Crippen LogP contribution is 2.30. The number of fused-ring (bicyclic) bond motifs is 3. The molecular formula is C22H20N2O4S. The highest BCUT2D eigenvalue weighted by atomic mass is 32.2. The molecule has 1 aromatic heterocycles. The quantitative estimate of drug-likeness (QED) is 0.538. The summed E-state index contributed by atoms with van der Waals surface area (Å²) < 4.78 is 32.1. The molecular weight excluding hydrogens is 388 g/mol. The summed E-state index contributed by atoms with van der Waals surface area (Å²) in [6.07, 6.45) is 0. The zero-order valence-corrected chi connectivity index (χ0v) is 16.9. The fourth-order valence-electron chi connectivity index (χ4n) is 3.18. The molecule has 0 aliphatic carbocycles. The van der Waals surface area contributed by atoms with Crippen LogP contribution in [0.2, 0.25) is 0 Å². The van der Waals surface area contributed by atoms with Crippen LogP contribution < -0.4 is 5.32 Å². The second-order valence-electron chi connectivity index (χ2n) is 6.93. The molecule has 6 nitrogen and oxygen atoms in total. The normalized spacial score (nSPS) is 12.0. The number of sulfonamides is 1. The average Bonchev–Trinajstić information content (AvgIpc) is 3.06. The molecule has 0 atom stereocenters. The van der Waals surface area contributed by atoms with Gasteiger partial charge in [-0.3, -0.25) is 4.79 Å². The van der Waals surface area contributed by atoms with E-state index in [1.807, 2.05) is 37.3 Å². The van der Waals surface area contributed by atoms with Gasteiger partial charge in [0.2, 0.25) is 15.9 Å². The molecule has 4 aromatic rings. The first-order chi connectivity index (χ1) is 13.8. The molecule has 0 unspecified atom stereocenters. The average molecular weight is 408 g/mol. The third-order valence-electron chi connectivity index (χ3n) is 4.76. The van der Waals surface area contributed by atoms with Crippen LogP contribution in [0.25, 0.3) is 21.9 Å². The van der Waals surface area contributed by atoms with E-state index in [0.717, 1.165) is 26.2 Å². The molecule has 0 saturated carbocycles. The van der Waals surface area contributed by atoms with E-state index in [2.05, 4.69) is 5.32 Å². The zero-order chi connectivity index (χ0) is 20.6. The number of furan rings is 1. The van der Waals surface area contributed by atoms with Gasteiger partial charge in [0.25, 0.3) is 0 Å². The number of rotatable bonds is 5. The lowest BCUT2D eigenvalue weighted by Gasteiger charge is -2.17. The van der Waals surface area contributed by atoms with E-state index in [9.17, 15) is 13.2 Å². The predicted octanol–water partition coefficient (Wildman–Crippen LogP) is 4.15. The first kappa shape index (κ1) is 19.2. The first-order valence-electron chi connectivity index (χ1n) is 9.09. The monoisotopic (exact) mass is 408 g/mol. The van der Waals surface area contributed by atoms with E-state index in [1.165, 1.54) is 19.2 Å². The number of nitrogens with one attached hydrogen (secondary N) is 1. The van der Waals surface area contributed by atoms with E-state index in [0.29, 0.717) is 11.3 Å². The van der Waals surface area contributed by atoms with Crippen LogP contribution in [0.5, 0.6) is 0 Å². The van der Waals surface area contributed by atoms with Gasteiger partial charge >= 0.3 is 0 Å². The van der Waals surface area contributed by atoms with Crippen LogP contribution in [0.1, 0.15) is 5.56 Å². The number of nitrogens with zero attached hydrogens (tertiary/aromatic N) is 1. The van der Waals surface area contributed by atoms with Gasteiger partial charge in [-0.25, -0.2) is 8.42 Å². The summed E-state index contributed by atoms with van der Waals surface area (Å²) in [5, 5.41) is 4.70.